The van der Waals surface area contributed by atoms with Gasteiger partial charge in [0.15, 0.2) is 0 Å². The van der Waals surface area contributed by atoms with Crippen molar-refractivity contribution in [3.63, 3.8) is 0 Å². The Morgan fingerprint density at radius 1 is 1.32 bits per heavy atom. The van der Waals surface area contributed by atoms with E-state index < -0.39 is 6.04 Å². The lowest BCUT2D eigenvalue weighted by atomic mass is 10.1. The lowest BCUT2D eigenvalue weighted by Gasteiger charge is -2.31. The summed E-state index contributed by atoms with van der Waals surface area (Å²) in [6.45, 7) is 9.90. The first-order valence-corrected chi connectivity index (χ1v) is 8.29. The fourth-order valence-corrected chi connectivity index (χ4v) is 3.14. The number of carbonyl (C=O) groups excluding carboxylic acids is 1. The van der Waals surface area contributed by atoms with Gasteiger partial charge in [0.25, 0.3) is 0 Å². The zero-order valence-corrected chi connectivity index (χ0v) is 14.0. The van der Waals surface area contributed by atoms with Gasteiger partial charge in [0.2, 0.25) is 5.91 Å². The average Bonchev–Trinajstić information content (AvgIpc) is 2.92. The van der Waals surface area contributed by atoms with Gasteiger partial charge in [-0.2, -0.15) is 0 Å². The lowest BCUT2D eigenvalue weighted by molar-refractivity contribution is -0.134. The van der Waals surface area contributed by atoms with Crippen LogP contribution in [0.3, 0.4) is 0 Å². The van der Waals surface area contributed by atoms with E-state index in [1.165, 1.54) is 5.56 Å². The number of nitrogens with two attached hydrogens (primary N) is 1. The van der Waals surface area contributed by atoms with E-state index in [0.29, 0.717) is 5.92 Å². The van der Waals surface area contributed by atoms with Crippen LogP contribution >= 0.6 is 0 Å². The molecule has 0 bridgehead atoms. The van der Waals surface area contributed by atoms with E-state index in [0.717, 1.165) is 32.6 Å². The Morgan fingerprint density at radius 2 is 2.00 bits per heavy atom. The molecule has 1 fully saturated rings. The molecule has 1 heterocycles. The number of benzene rings is 1. The lowest BCUT2D eigenvalue weighted by Crippen LogP contribution is -2.47. The molecule has 2 N–H and O–H groups in total. The van der Waals surface area contributed by atoms with Crippen LogP contribution in [0.1, 0.15) is 32.8 Å². The predicted octanol–water partition coefficient (Wildman–Crippen LogP) is 2.09. The van der Waals surface area contributed by atoms with Crippen LogP contribution in [0.4, 0.5) is 0 Å². The monoisotopic (exact) mass is 303 g/mol. The third kappa shape index (κ3) is 4.55. The van der Waals surface area contributed by atoms with Gasteiger partial charge in [-0.3, -0.25) is 9.69 Å². The van der Waals surface area contributed by atoms with Gasteiger partial charge in [0.05, 0.1) is 6.04 Å². The van der Waals surface area contributed by atoms with Crippen molar-refractivity contribution in [2.45, 2.75) is 45.8 Å². The van der Waals surface area contributed by atoms with Crippen LogP contribution < -0.4 is 5.73 Å². The second-order valence-corrected chi connectivity index (χ2v) is 6.75. The standard InChI is InChI=1S/C18H29N3O/c1-14(2)21(18(22)15(3)19)13-17-9-10-20(12-17)11-16-7-5-4-6-8-16/h4-8,14-15,17H,9-13,19H2,1-3H3/t15-,17-/m0/s1. The summed E-state index contributed by atoms with van der Waals surface area (Å²) in [6.07, 6.45) is 1.16. The first-order chi connectivity index (χ1) is 10.5. The summed E-state index contributed by atoms with van der Waals surface area (Å²) < 4.78 is 0. The zero-order valence-electron chi connectivity index (χ0n) is 14.0. The van der Waals surface area contributed by atoms with Crippen molar-refractivity contribution in [1.82, 2.24) is 9.80 Å². The van der Waals surface area contributed by atoms with Crippen molar-refractivity contribution < 1.29 is 4.79 Å². The van der Waals surface area contributed by atoms with Gasteiger partial charge >= 0.3 is 0 Å². The van der Waals surface area contributed by atoms with E-state index >= 15 is 0 Å². The molecule has 1 aliphatic rings. The van der Waals surface area contributed by atoms with Crippen molar-refractivity contribution in [2.75, 3.05) is 19.6 Å². The number of carbonyl (C=O) groups is 1. The van der Waals surface area contributed by atoms with E-state index in [-0.39, 0.29) is 11.9 Å². The van der Waals surface area contributed by atoms with Crippen LogP contribution in [-0.4, -0.2) is 47.4 Å². The molecule has 0 unspecified atom stereocenters. The molecule has 4 heteroatoms. The van der Waals surface area contributed by atoms with Gasteiger partial charge < -0.3 is 10.6 Å². The molecule has 1 amide bonds. The topological polar surface area (TPSA) is 49.6 Å². The van der Waals surface area contributed by atoms with Gasteiger partial charge in [-0.15, -0.1) is 0 Å². The van der Waals surface area contributed by atoms with Crippen molar-refractivity contribution >= 4 is 5.91 Å². The van der Waals surface area contributed by atoms with Crippen LogP contribution in [0, 0.1) is 5.92 Å². The van der Waals surface area contributed by atoms with Gasteiger partial charge in [0, 0.05) is 25.7 Å². The number of rotatable bonds is 6. The fourth-order valence-electron chi connectivity index (χ4n) is 3.14. The third-order valence-corrected chi connectivity index (χ3v) is 4.37. The maximum Gasteiger partial charge on any atom is 0.239 e. The Labute approximate surface area is 134 Å². The van der Waals surface area contributed by atoms with Crippen molar-refractivity contribution in [1.29, 1.82) is 0 Å². The highest BCUT2D eigenvalue weighted by Gasteiger charge is 2.28. The maximum absolute atomic E-state index is 12.2. The van der Waals surface area contributed by atoms with Crippen LogP contribution in [-0.2, 0) is 11.3 Å². The molecule has 22 heavy (non-hydrogen) atoms. The molecule has 122 valence electrons. The minimum atomic E-state index is -0.413. The Balaban J connectivity index is 1.88. The van der Waals surface area contributed by atoms with Crippen LogP contribution in [0.15, 0.2) is 30.3 Å². The van der Waals surface area contributed by atoms with Crippen LogP contribution in [0.5, 0.6) is 0 Å². The number of likely N-dealkylation sites (tertiary alicyclic amines) is 1. The van der Waals surface area contributed by atoms with E-state index in [4.69, 9.17) is 5.73 Å². The summed E-state index contributed by atoms with van der Waals surface area (Å²) in [6, 6.07) is 10.4. The highest BCUT2D eigenvalue weighted by Crippen LogP contribution is 2.21. The molecular weight excluding hydrogens is 274 g/mol. The molecule has 1 saturated heterocycles. The maximum atomic E-state index is 12.2. The quantitative estimate of drug-likeness (QED) is 0.875. The van der Waals surface area contributed by atoms with E-state index in [2.05, 4.69) is 49.1 Å². The first kappa shape index (κ1) is 17.0. The second kappa shape index (κ2) is 7.75. The minimum Gasteiger partial charge on any atom is -0.339 e. The Kier molecular flexibility index (Phi) is 5.98. The molecule has 1 aliphatic heterocycles. The Hall–Kier alpha value is -1.39. The van der Waals surface area contributed by atoms with Crippen molar-refractivity contribution in [2.24, 2.45) is 11.7 Å². The highest BCUT2D eigenvalue weighted by molar-refractivity contribution is 5.81. The van der Waals surface area contributed by atoms with E-state index in [9.17, 15) is 4.79 Å². The van der Waals surface area contributed by atoms with Gasteiger partial charge in [0.1, 0.15) is 0 Å². The molecule has 0 radical (unpaired) electrons. The SMILES string of the molecule is CC(C)N(C[C@H]1CCN(Cc2ccccc2)C1)C(=O)[C@H](C)N. The fraction of sp³-hybridized carbons (Fsp3) is 0.611. The number of amides is 1. The summed E-state index contributed by atoms with van der Waals surface area (Å²) in [7, 11) is 0. The molecule has 2 rings (SSSR count). The summed E-state index contributed by atoms with van der Waals surface area (Å²) in [5, 5.41) is 0. The molecule has 4 nitrogen and oxygen atoms in total. The normalized spacial score (nSPS) is 20.3. The zero-order chi connectivity index (χ0) is 16.1. The Bertz CT molecular complexity index is 472. The molecule has 2 atom stereocenters. The molecule has 0 aromatic heterocycles. The summed E-state index contributed by atoms with van der Waals surface area (Å²) in [5.41, 5.74) is 7.13. The largest absolute Gasteiger partial charge is 0.339 e. The number of hydrogen-bond acceptors (Lipinski definition) is 3. The van der Waals surface area contributed by atoms with Gasteiger partial charge in [-0.1, -0.05) is 30.3 Å². The third-order valence-electron chi connectivity index (χ3n) is 4.37. The second-order valence-electron chi connectivity index (χ2n) is 6.75. The number of nitrogens with zero attached hydrogens (tertiary/aromatic N) is 2. The molecule has 0 spiro atoms. The molecule has 0 aliphatic carbocycles. The Morgan fingerprint density at radius 3 is 2.59 bits per heavy atom. The summed E-state index contributed by atoms with van der Waals surface area (Å²) in [4.78, 5) is 16.7. The number of hydrogen-bond donors (Lipinski definition) is 1. The van der Waals surface area contributed by atoms with Crippen molar-refractivity contribution in [3.8, 4) is 0 Å². The average molecular weight is 303 g/mol. The summed E-state index contributed by atoms with van der Waals surface area (Å²) in [5.74, 6) is 0.616. The van der Waals surface area contributed by atoms with Crippen LogP contribution in [0.2, 0.25) is 0 Å². The predicted molar refractivity (Wildman–Crippen MR) is 90.3 cm³/mol. The van der Waals surface area contributed by atoms with Crippen molar-refractivity contribution in [3.05, 3.63) is 35.9 Å². The van der Waals surface area contributed by atoms with E-state index in [1.54, 1.807) is 6.92 Å². The molecular formula is C18H29N3O. The summed E-state index contributed by atoms with van der Waals surface area (Å²) >= 11 is 0. The highest BCUT2D eigenvalue weighted by atomic mass is 16.2. The first-order valence-electron chi connectivity index (χ1n) is 8.29. The van der Waals surface area contributed by atoms with Gasteiger partial charge in [-0.05, 0) is 45.2 Å². The van der Waals surface area contributed by atoms with Gasteiger partial charge in [-0.25, -0.2) is 0 Å². The molecule has 1 aromatic rings. The molecule has 1 aromatic carbocycles. The smallest absolute Gasteiger partial charge is 0.239 e. The van der Waals surface area contributed by atoms with E-state index in [1.807, 2.05) is 4.90 Å². The molecule has 0 saturated carbocycles. The minimum absolute atomic E-state index is 0.0662. The van der Waals surface area contributed by atoms with Crippen LogP contribution in [0.25, 0.3) is 0 Å².